The van der Waals surface area contributed by atoms with Gasteiger partial charge in [0, 0.05) is 23.3 Å². The molecular formula is C19H19BrN4O5S. The summed E-state index contributed by atoms with van der Waals surface area (Å²) in [6, 6.07) is 9.91. The maximum absolute atomic E-state index is 12.3. The predicted molar refractivity (Wildman–Crippen MR) is 118 cm³/mol. The van der Waals surface area contributed by atoms with Gasteiger partial charge in [0.25, 0.3) is 17.5 Å². The Morgan fingerprint density at radius 3 is 2.37 bits per heavy atom. The second-order valence-corrected chi connectivity index (χ2v) is 7.28. The van der Waals surface area contributed by atoms with E-state index in [1.54, 1.807) is 18.2 Å². The maximum atomic E-state index is 12.3. The Balaban J connectivity index is 1.86. The van der Waals surface area contributed by atoms with Gasteiger partial charge in [0.15, 0.2) is 5.11 Å². The molecule has 0 atom stereocenters. The van der Waals surface area contributed by atoms with Crippen LogP contribution in [-0.4, -0.2) is 28.5 Å². The van der Waals surface area contributed by atoms with Crippen molar-refractivity contribution in [3.63, 3.8) is 0 Å². The van der Waals surface area contributed by atoms with Crippen LogP contribution in [0.4, 0.5) is 5.69 Å². The first-order valence-corrected chi connectivity index (χ1v) is 10.1. The number of rotatable bonds is 7. The Bertz CT molecular complexity index is 952. The Kier molecular flexibility index (Phi) is 8.69. The second-order valence-electron chi connectivity index (χ2n) is 6.01. The third-order valence-corrected chi connectivity index (χ3v) is 4.63. The zero-order valence-electron chi connectivity index (χ0n) is 15.9. The van der Waals surface area contributed by atoms with E-state index in [9.17, 15) is 19.7 Å². The van der Waals surface area contributed by atoms with Crippen molar-refractivity contribution in [3.8, 4) is 5.75 Å². The number of hydrogen-bond donors (Lipinski definition) is 3. The van der Waals surface area contributed by atoms with Crippen LogP contribution >= 0.6 is 28.1 Å². The number of thiocarbonyl (C=S) groups is 1. The van der Waals surface area contributed by atoms with Crippen LogP contribution in [0.2, 0.25) is 0 Å². The van der Waals surface area contributed by atoms with Gasteiger partial charge in [-0.1, -0.05) is 13.3 Å². The van der Waals surface area contributed by atoms with E-state index in [1.807, 2.05) is 0 Å². The molecule has 2 amide bonds. The molecule has 0 unspecified atom stereocenters. The Morgan fingerprint density at radius 1 is 1.10 bits per heavy atom. The standard InChI is InChI=1S/C19H19BrN4O5S/c1-2-3-10-29-16-9-6-13(11-15(16)20)17(25)21-19(30)23-22-18(26)12-4-7-14(8-5-12)24(27)28/h4-9,11H,2-3,10H2,1H3,(H,22,26)(H2,21,23,25,30). The first-order valence-electron chi connectivity index (χ1n) is 8.90. The average Bonchev–Trinajstić information content (AvgIpc) is 2.73. The zero-order valence-corrected chi connectivity index (χ0v) is 18.3. The number of ether oxygens (including phenoxy) is 1. The third-order valence-electron chi connectivity index (χ3n) is 3.81. The van der Waals surface area contributed by atoms with Gasteiger partial charge in [0.05, 0.1) is 16.0 Å². The number of nitrogens with zero attached hydrogens (tertiary/aromatic N) is 1. The lowest BCUT2D eigenvalue weighted by atomic mass is 10.2. The van der Waals surface area contributed by atoms with Gasteiger partial charge in [0.1, 0.15) is 5.75 Å². The molecule has 30 heavy (non-hydrogen) atoms. The Labute approximate surface area is 186 Å². The van der Waals surface area contributed by atoms with E-state index >= 15 is 0 Å². The lowest BCUT2D eigenvalue weighted by molar-refractivity contribution is -0.384. The van der Waals surface area contributed by atoms with Crippen LogP contribution in [0.15, 0.2) is 46.9 Å². The van der Waals surface area contributed by atoms with Crippen LogP contribution in [-0.2, 0) is 0 Å². The molecule has 2 aromatic carbocycles. The molecule has 0 heterocycles. The van der Waals surface area contributed by atoms with Crippen molar-refractivity contribution >= 4 is 50.8 Å². The van der Waals surface area contributed by atoms with E-state index in [0.29, 0.717) is 22.4 Å². The van der Waals surface area contributed by atoms with E-state index in [-0.39, 0.29) is 16.4 Å². The number of carbonyl (C=O) groups is 2. The van der Waals surface area contributed by atoms with Gasteiger partial charge in [-0.15, -0.1) is 0 Å². The van der Waals surface area contributed by atoms with E-state index in [4.69, 9.17) is 17.0 Å². The topological polar surface area (TPSA) is 123 Å². The smallest absolute Gasteiger partial charge is 0.269 e. The van der Waals surface area contributed by atoms with Crippen LogP contribution in [0, 0.1) is 10.1 Å². The molecule has 9 nitrogen and oxygen atoms in total. The second kappa shape index (κ2) is 11.2. The molecular weight excluding hydrogens is 476 g/mol. The molecule has 3 N–H and O–H groups in total. The zero-order chi connectivity index (χ0) is 22.1. The number of unbranched alkanes of at least 4 members (excludes halogenated alkanes) is 1. The molecule has 0 saturated heterocycles. The van der Waals surface area contributed by atoms with Crippen molar-refractivity contribution in [1.29, 1.82) is 0 Å². The normalized spacial score (nSPS) is 10.1. The molecule has 0 saturated carbocycles. The highest BCUT2D eigenvalue weighted by Crippen LogP contribution is 2.26. The van der Waals surface area contributed by atoms with Crippen molar-refractivity contribution in [2.24, 2.45) is 0 Å². The lowest BCUT2D eigenvalue weighted by Gasteiger charge is -2.12. The first kappa shape index (κ1) is 23.2. The summed E-state index contributed by atoms with van der Waals surface area (Å²) in [5, 5.41) is 13.0. The summed E-state index contributed by atoms with van der Waals surface area (Å²) < 4.78 is 6.25. The quantitative estimate of drug-likeness (QED) is 0.233. The molecule has 0 aliphatic heterocycles. The number of halogens is 1. The van der Waals surface area contributed by atoms with E-state index in [2.05, 4.69) is 39.0 Å². The Hall–Kier alpha value is -3.05. The molecule has 0 radical (unpaired) electrons. The summed E-state index contributed by atoms with van der Waals surface area (Å²) in [5.41, 5.74) is 5.12. The highest BCUT2D eigenvalue weighted by atomic mass is 79.9. The van der Waals surface area contributed by atoms with Gasteiger partial charge in [-0.25, -0.2) is 0 Å². The molecule has 0 bridgehead atoms. The summed E-state index contributed by atoms with van der Waals surface area (Å²) in [7, 11) is 0. The molecule has 0 spiro atoms. The number of hydrogen-bond acceptors (Lipinski definition) is 6. The van der Waals surface area contributed by atoms with Crippen LogP contribution in [0.1, 0.15) is 40.5 Å². The number of benzene rings is 2. The van der Waals surface area contributed by atoms with Crippen LogP contribution in [0.25, 0.3) is 0 Å². The monoisotopic (exact) mass is 494 g/mol. The summed E-state index contributed by atoms with van der Waals surface area (Å²) in [6.07, 6.45) is 1.95. The molecule has 0 fully saturated rings. The Morgan fingerprint density at radius 2 is 1.77 bits per heavy atom. The largest absolute Gasteiger partial charge is 0.492 e. The van der Waals surface area contributed by atoms with Gasteiger partial charge in [-0.2, -0.15) is 0 Å². The van der Waals surface area contributed by atoms with Crippen molar-refractivity contribution in [1.82, 2.24) is 16.2 Å². The molecule has 0 aliphatic carbocycles. The van der Waals surface area contributed by atoms with E-state index in [1.165, 1.54) is 24.3 Å². The molecule has 2 aromatic rings. The lowest BCUT2D eigenvalue weighted by Crippen LogP contribution is -2.48. The summed E-state index contributed by atoms with van der Waals surface area (Å²) in [6.45, 7) is 2.65. The van der Waals surface area contributed by atoms with Gasteiger partial charge in [-0.3, -0.25) is 35.9 Å². The SMILES string of the molecule is CCCCOc1ccc(C(=O)NC(=S)NNC(=O)c2ccc([N+](=O)[O-])cc2)cc1Br. The molecule has 158 valence electrons. The highest BCUT2D eigenvalue weighted by molar-refractivity contribution is 9.10. The number of amides is 2. The molecule has 0 aromatic heterocycles. The van der Waals surface area contributed by atoms with Crippen molar-refractivity contribution in [2.75, 3.05) is 6.61 Å². The van der Waals surface area contributed by atoms with Gasteiger partial charge < -0.3 is 4.74 Å². The third kappa shape index (κ3) is 6.78. The van der Waals surface area contributed by atoms with Crippen LogP contribution in [0.5, 0.6) is 5.75 Å². The fourth-order valence-corrected chi connectivity index (χ4v) is 2.85. The fraction of sp³-hybridized carbons (Fsp3) is 0.211. The molecule has 11 heteroatoms. The van der Waals surface area contributed by atoms with Crippen molar-refractivity contribution < 1.29 is 19.2 Å². The molecule has 2 rings (SSSR count). The predicted octanol–water partition coefficient (Wildman–Crippen LogP) is 3.49. The van der Waals surface area contributed by atoms with Gasteiger partial charge in [0.2, 0.25) is 0 Å². The average molecular weight is 495 g/mol. The van der Waals surface area contributed by atoms with Crippen LogP contribution in [0.3, 0.4) is 0 Å². The fourth-order valence-electron chi connectivity index (χ4n) is 2.21. The maximum Gasteiger partial charge on any atom is 0.269 e. The first-order chi connectivity index (χ1) is 14.3. The number of nitro benzene ring substituents is 1. The number of carbonyl (C=O) groups excluding carboxylic acids is 2. The number of non-ortho nitro benzene ring substituents is 1. The van der Waals surface area contributed by atoms with Crippen LogP contribution < -0.4 is 20.9 Å². The van der Waals surface area contributed by atoms with Crippen molar-refractivity contribution in [3.05, 3.63) is 68.2 Å². The molecule has 0 aliphatic rings. The van der Waals surface area contributed by atoms with Gasteiger partial charge in [-0.05, 0) is 64.9 Å². The number of nitro groups is 1. The summed E-state index contributed by atoms with van der Waals surface area (Å²) in [5.74, 6) is -0.410. The van der Waals surface area contributed by atoms with E-state index in [0.717, 1.165) is 12.8 Å². The minimum Gasteiger partial charge on any atom is -0.492 e. The summed E-state index contributed by atoms with van der Waals surface area (Å²) in [4.78, 5) is 34.4. The van der Waals surface area contributed by atoms with E-state index < -0.39 is 16.7 Å². The minimum absolute atomic E-state index is 0.116. The highest BCUT2D eigenvalue weighted by Gasteiger charge is 2.13. The number of hydrazine groups is 1. The summed E-state index contributed by atoms with van der Waals surface area (Å²) >= 11 is 8.37. The number of nitrogens with one attached hydrogen (secondary N) is 3. The van der Waals surface area contributed by atoms with Crippen molar-refractivity contribution in [2.45, 2.75) is 19.8 Å². The minimum atomic E-state index is -0.571. The van der Waals surface area contributed by atoms with Gasteiger partial charge >= 0.3 is 0 Å².